The van der Waals surface area contributed by atoms with Gasteiger partial charge in [-0.3, -0.25) is 0 Å². The van der Waals surface area contributed by atoms with Gasteiger partial charge >= 0.3 is 0 Å². The smallest absolute Gasteiger partial charge is 0.137 e. The fourth-order valence-electron chi connectivity index (χ4n) is 2.46. The van der Waals surface area contributed by atoms with Crippen LogP contribution in [0.3, 0.4) is 0 Å². The molecule has 2 nitrogen and oxygen atoms in total. The summed E-state index contributed by atoms with van der Waals surface area (Å²) in [5.74, 6) is 0. The molecule has 0 amide bonds. The van der Waals surface area contributed by atoms with Crippen LogP contribution in [-0.2, 0) is 6.42 Å². The Labute approximate surface area is 120 Å². The summed E-state index contributed by atoms with van der Waals surface area (Å²) in [5.41, 5.74) is 6.46. The average Bonchev–Trinajstić information content (AvgIpc) is 2.83. The van der Waals surface area contributed by atoms with E-state index < -0.39 is 0 Å². The van der Waals surface area contributed by atoms with E-state index in [2.05, 4.69) is 41.7 Å². The third-order valence-electron chi connectivity index (χ3n) is 3.60. The van der Waals surface area contributed by atoms with Crippen LogP contribution >= 0.6 is 0 Å². The fraction of sp³-hybridized carbons (Fsp3) is 0.118. The Kier molecular flexibility index (Phi) is 3.19. The van der Waals surface area contributed by atoms with E-state index in [1.54, 1.807) is 6.20 Å². The molecule has 2 heterocycles. The van der Waals surface area contributed by atoms with E-state index in [0.29, 0.717) is 5.46 Å². The highest BCUT2D eigenvalue weighted by atomic mass is 14.8. The Morgan fingerprint density at radius 1 is 1.35 bits per heavy atom. The predicted octanol–water partition coefficient (Wildman–Crippen LogP) is 2.90. The minimum Gasteiger partial charge on any atom is -0.346 e. The van der Waals surface area contributed by atoms with Gasteiger partial charge in [-0.25, -0.2) is 4.98 Å². The maximum Gasteiger partial charge on any atom is 0.137 e. The van der Waals surface area contributed by atoms with E-state index in [1.807, 2.05) is 18.3 Å². The normalized spacial score (nSPS) is 10.8. The van der Waals surface area contributed by atoms with E-state index in [4.69, 9.17) is 7.85 Å². The van der Waals surface area contributed by atoms with Crippen molar-refractivity contribution in [2.24, 2.45) is 0 Å². The zero-order chi connectivity index (χ0) is 14.1. The fourth-order valence-corrected chi connectivity index (χ4v) is 2.46. The summed E-state index contributed by atoms with van der Waals surface area (Å²) >= 11 is 0. The molecule has 0 saturated carbocycles. The largest absolute Gasteiger partial charge is 0.346 e. The molecule has 0 spiro atoms. The van der Waals surface area contributed by atoms with E-state index >= 15 is 0 Å². The first-order valence-corrected chi connectivity index (χ1v) is 6.61. The Morgan fingerprint density at radius 3 is 3.00 bits per heavy atom. The first kappa shape index (κ1) is 12.7. The molecular formula is C17H15BN2. The zero-order valence-electron chi connectivity index (χ0n) is 11.5. The number of nitrogens with one attached hydrogen (secondary N) is 1. The monoisotopic (exact) mass is 258 g/mol. The van der Waals surface area contributed by atoms with Crippen LogP contribution in [0.25, 0.3) is 17.1 Å². The molecular weight excluding hydrogens is 243 g/mol. The van der Waals surface area contributed by atoms with Gasteiger partial charge < -0.3 is 4.98 Å². The molecule has 0 unspecified atom stereocenters. The summed E-state index contributed by atoms with van der Waals surface area (Å²) in [4.78, 5) is 7.48. The molecule has 0 fully saturated rings. The number of H-pyrrole nitrogens is 1. The molecule has 2 radical (unpaired) electrons. The van der Waals surface area contributed by atoms with Crippen LogP contribution in [0.1, 0.15) is 22.3 Å². The van der Waals surface area contributed by atoms with Gasteiger partial charge in [0.2, 0.25) is 0 Å². The molecule has 1 N–H and O–H groups in total. The van der Waals surface area contributed by atoms with Crippen LogP contribution in [0, 0.1) is 6.92 Å². The summed E-state index contributed by atoms with van der Waals surface area (Å²) in [6.45, 7) is 5.95. The van der Waals surface area contributed by atoms with E-state index in [-0.39, 0.29) is 0 Å². The topological polar surface area (TPSA) is 28.7 Å². The number of aromatic amines is 1. The summed E-state index contributed by atoms with van der Waals surface area (Å²) in [7, 11) is 5.82. The van der Waals surface area contributed by atoms with Crippen LogP contribution in [0.5, 0.6) is 0 Å². The van der Waals surface area contributed by atoms with E-state index in [1.165, 1.54) is 22.3 Å². The van der Waals surface area contributed by atoms with Crippen molar-refractivity contribution in [1.29, 1.82) is 0 Å². The summed E-state index contributed by atoms with van der Waals surface area (Å²) in [5, 5.41) is 1.09. The molecule has 0 bridgehead atoms. The number of hydrogen-bond donors (Lipinski definition) is 1. The van der Waals surface area contributed by atoms with Gasteiger partial charge in [0, 0.05) is 17.8 Å². The first-order chi connectivity index (χ1) is 9.67. The van der Waals surface area contributed by atoms with Crippen molar-refractivity contribution in [1.82, 2.24) is 9.97 Å². The van der Waals surface area contributed by atoms with Crippen molar-refractivity contribution in [3.05, 3.63) is 65.5 Å². The minimum atomic E-state index is 0.689. The van der Waals surface area contributed by atoms with Gasteiger partial charge in [0.1, 0.15) is 13.5 Å². The van der Waals surface area contributed by atoms with Crippen LogP contribution in [0.4, 0.5) is 0 Å². The Balaban J connectivity index is 2.01. The van der Waals surface area contributed by atoms with Crippen molar-refractivity contribution < 1.29 is 0 Å². The molecule has 3 rings (SSSR count). The summed E-state index contributed by atoms with van der Waals surface area (Å²) in [6.07, 6.45) is 6.43. The average molecular weight is 258 g/mol. The molecule has 0 atom stereocenters. The second kappa shape index (κ2) is 5.01. The maximum absolute atomic E-state index is 5.82. The molecule has 0 aliphatic rings. The van der Waals surface area contributed by atoms with Gasteiger partial charge in [0.25, 0.3) is 0 Å². The van der Waals surface area contributed by atoms with Crippen LogP contribution < -0.4 is 5.46 Å². The standard InChI is InChI=1S/C17H15BN2/c1-3-13-6-12(5-4-11(13)2)7-14-9-19-17-16(14)8-15(18)10-20-17/h3-6,8-10H,1,7H2,2H3,(H,19,20). The Hall–Kier alpha value is -2.29. The molecule has 3 heteroatoms. The lowest BCUT2D eigenvalue weighted by molar-refractivity contribution is 1.19. The van der Waals surface area contributed by atoms with Crippen molar-refractivity contribution in [3.63, 3.8) is 0 Å². The molecule has 2 aromatic heterocycles. The second-order valence-corrected chi connectivity index (χ2v) is 5.05. The van der Waals surface area contributed by atoms with Gasteiger partial charge in [-0.15, -0.1) is 0 Å². The Morgan fingerprint density at radius 2 is 2.20 bits per heavy atom. The minimum absolute atomic E-state index is 0.689. The van der Waals surface area contributed by atoms with E-state index in [9.17, 15) is 0 Å². The van der Waals surface area contributed by atoms with Gasteiger partial charge in [-0.1, -0.05) is 42.4 Å². The molecule has 20 heavy (non-hydrogen) atoms. The number of hydrogen-bond acceptors (Lipinski definition) is 1. The first-order valence-electron chi connectivity index (χ1n) is 6.61. The quantitative estimate of drug-likeness (QED) is 0.719. The highest BCUT2D eigenvalue weighted by Crippen LogP contribution is 2.20. The summed E-state index contributed by atoms with van der Waals surface area (Å²) < 4.78 is 0. The number of aromatic nitrogens is 2. The van der Waals surface area contributed by atoms with Gasteiger partial charge in [0.15, 0.2) is 0 Å². The molecule has 96 valence electrons. The maximum atomic E-state index is 5.82. The Bertz CT molecular complexity index is 787. The third-order valence-corrected chi connectivity index (χ3v) is 3.60. The van der Waals surface area contributed by atoms with Crippen molar-refractivity contribution in [3.8, 4) is 0 Å². The van der Waals surface area contributed by atoms with Crippen LogP contribution in [0.2, 0.25) is 0 Å². The van der Waals surface area contributed by atoms with Crippen LogP contribution in [0.15, 0.2) is 43.2 Å². The molecule has 0 saturated heterocycles. The van der Waals surface area contributed by atoms with Crippen molar-refractivity contribution >= 4 is 30.4 Å². The number of fused-ring (bicyclic) bond motifs is 1. The lowest BCUT2D eigenvalue weighted by Gasteiger charge is -2.05. The lowest BCUT2D eigenvalue weighted by atomic mass is 9.95. The van der Waals surface area contributed by atoms with Crippen LogP contribution in [-0.4, -0.2) is 17.8 Å². The molecule has 0 aliphatic heterocycles. The zero-order valence-corrected chi connectivity index (χ0v) is 11.5. The lowest BCUT2D eigenvalue weighted by Crippen LogP contribution is -2.02. The highest BCUT2D eigenvalue weighted by Gasteiger charge is 2.06. The highest BCUT2D eigenvalue weighted by molar-refractivity contribution is 6.32. The second-order valence-electron chi connectivity index (χ2n) is 5.05. The number of pyridine rings is 1. The SMILES string of the molecule is [B]c1cnc2[nH]cc(Cc3ccc(C)c(C=C)c3)c2c1. The van der Waals surface area contributed by atoms with Gasteiger partial charge in [-0.2, -0.15) is 0 Å². The number of rotatable bonds is 3. The van der Waals surface area contributed by atoms with Crippen molar-refractivity contribution in [2.45, 2.75) is 13.3 Å². The predicted molar refractivity (Wildman–Crippen MR) is 85.6 cm³/mol. The molecule has 1 aromatic carbocycles. The summed E-state index contributed by atoms with van der Waals surface area (Å²) in [6, 6.07) is 8.44. The van der Waals surface area contributed by atoms with Gasteiger partial charge in [-0.05, 0) is 35.6 Å². The molecule has 3 aromatic rings. The van der Waals surface area contributed by atoms with Gasteiger partial charge in [0.05, 0.1) is 0 Å². The van der Waals surface area contributed by atoms with Crippen molar-refractivity contribution in [2.75, 3.05) is 0 Å². The molecule has 0 aliphatic carbocycles. The van der Waals surface area contributed by atoms with E-state index in [0.717, 1.165) is 17.5 Å². The third kappa shape index (κ3) is 2.27. The number of benzene rings is 1. The number of nitrogens with zero attached hydrogens (tertiary/aromatic N) is 1. The number of aryl methyl sites for hydroxylation is 1.